The van der Waals surface area contributed by atoms with E-state index in [9.17, 15) is 19.2 Å². The Bertz CT molecular complexity index is 2530. The first-order valence-corrected chi connectivity index (χ1v) is 20.7. The van der Waals surface area contributed by atoms with Crippen molar-refractivity contribution in [3.63, 3.8) is 0 Å². The number of likely N-dealkylation sites (tertiary alicyclic amines) is 2. The Hall–Kier alpha value is -6.96. The molecule has 4 atom stereocenters. The Kier molecular flexibility index (Phi) is 11.9. The largest absolute Gasteiger partial charge is 0.453 e. The fourth-order valence-corrected chi connectivity index (χ4v) is 8.52. The zero-order chi connectivity index (χ0) is 42.6. The summed E-state index contributed by atoms with van der Waals surface area (Å²) in [7, 11) is 2.57. The number of imidazole rings is 2. The highest BCUT2D eigenvalue weighted by Gasteiger charge is 2.39. The average Bonchev–Trinajstić information content (AvgIpc) is 4.14. The van der Waals surface area contributed by atoms with Gasteiger partial charge < -0.3 is 39.9 Å². The molecule has 0 aliphatic carbocycles. The monoisotopic (exact) mass is 822 g/mol. The maximum absolute atomic E-state index is 13.9. The second-order valence-corrected chi connectivity index (χ2v) is 15.9. The SMILES string of the molecule is COC(=O)NC(C(=O)N1CCC[C@@H]1c1ncc(-c2ccc(-c3ccc4cc(-c5cnc(C6CCCN6C(=O)C(NC(=O)OC)C(C)C)[nH]5)ccc4c3)cc2)[nH]1)c1ccccc1. The minimum Gasteiger partial charge on any atom is -0.453 e. The van der Waals surface area contributed by atoms with E-state index in [-0.39, 0.29) is 29.8 Å². The van der Waals surface area contributed by atoms with E-state index in [0.717, 1.165) is 75.9 Å². The maximum Gasteiger partial charge on any atom is 0.407 e. The van der Waals surface area contributed by atoms with Crippen LogP contribution < -0.4 is 10.6 Å². The van der Waals surface area contributed by atoms with E-state index in [1.54, 1.807) is 11.1 Å². The van der Waals surface area contributed by atoms with Crippen LogP contribution >= 0.6 is 0 Å². The Morgan fingerprint density at radius 1 is 0.639 bits per heavy atom. The number of aromatic nitrogens is 4. The molecule has 61 heavy (non-hydrogen) atoms. The molecule has 2 aliphatic rings. The number of benzene rings is 4. The van der Waals surface area contributed by atoms with E-state index < -0.39 is 24.3 Å². The molecule has 2 saturated heterocycles. The number of hydrogen-bond acceptors (Lipinski definition) is 8. The van der Waals surface area contributed by atoms with Crippen LogP contribution in [0.25, 0.3) is 44.4 Å². The van der Waals surface area contributed by atoms with E-state index in [1.165, 1.54) is 14.2 Å². The van der Waals surface area contributed by atoms with E-state index in [2.05, 4.69) is 81.3 Å². The average molecular weight is 823 g/mol. The third-order valence-corrected chi connectivity index (χ3v) is 11.8. The summed E-state index contributed by atoms with van der Waals surface area (Å²) in [5, 5.41) is 7.60. The lowest BCUT2D eigenvalue weighted by atomic mass is 9.98. The number of alkyl carbamates (subject to hydrolysis) is 2. The molecule has 0 radical (unpaired) electrons. The number of ether oxygens (including phenoxy) is 2. The summed E-state index contributed by atoms with van der Waals surface area (Å²) in [5.74, 6) is 0.972. The fraction of sp³-hybridized carbons (Fsp3) is 0.319. The molecule has 0 bridgehead atoms. The number of hydrogen-bond donors (Lipinski definition) is 4. The Morgan fingerprint density at radius 3 is 1.74 bits per heavy atom. The van der Waals surface area contributed by atoms with Crippen molar-refractivity contribution < 1.29 is 28.7 Å². The highest BCUT2D eigenvalue weighted by molar-refractivity contribution is 5.91. The molecule has 3 unspecified atom stereocenters. The number of methoxy groups -OCH3 is 2. The first-order valence-electron chi connectivity index (χ1n) is 20.7. The van der Waals surface area contributed by atoms with Crippen LogP contribution in [-0.2, 0) is 19.1 Å². The van der Waals surface area contributed by atoms with Crippen LogP contribution in [0.2, 0.25) is 0 Å². The van der Waals surface area contributed by atoms with Crippen molar-refractivity contribution in [3.05, 3.63) is 121 Å². The van der Waals surface area contributed by atoms with Gasteiger partial charge in [0.2, 0.25) is 5.91 Å². The van der Waals surface area contributed by atoms with E-state index in [1.807, 2.05) is 55.3 Å². The molecule has 2 aromatic heterocycles. The number of carbonyl (C=O) groups excluding carboxylic acids is 4. The molecule has 4 aromatic carbocycles. The van der Waals surface area contributed by atoms with Crippen molar-refractivity contribution in [3.8, 4) is 33.6 Å². The Morgan fingerprint density at radius 2 is 1.15 bits per heavy atom. The van der Waals surface area contributed by atoms with Gasteiger partial charge in [0.15, 0.2) is 0 Å². The minimum absolute atomic E-state index is 0.108. The lowest BCUT2D eigenvalue weighted by Gasteiger charge is -2.30. The molecular formula is C47H50N8O6. The lowest BCUT2D eigenvalue weighted by Crippen LogP contribution is -2.51. The van der Waals surface area contributed by atoms with Crippen molar-refractivity contribution in [1.29, 1.82) is 0 Å². The van der Waals surface area contributed by atoms with Gasteiger partial charge in [-0.2, -0.15) is 0 Å². The molecule has 2 aliphatic heterocycles. The van der Waals surface area contributed by atoms with Crippen molar-refractivity contribution in [2.45, 2.75) is 63.7 Å². The summed E-state index contributed by atoms with van der Waals surface area (Å²) >= 11 is 0. The molecule has 14 nitrogen and oxygen atoms in total. The summed E-state index contributed by atoms with van der Waals surface area (Å²) in [6, 6.07) is 28.2. The van der Waals surface area contributed by atoms with Crippen LogP contribution in [0.5, 0.6) is 0 Å². The smallest absolute Gasteiger partial charge is 0.407 e. The molecule has 2 fully saturated rings. The van der Waals surface area contributed by atoms with Gasteiger partial charge in [-0.1, -0.05) is 92.7 Å². The second kappa shape index (κ2) is 17.7. The maximum atomic E-state index is 13.9. The molecule has 0 saturated carbocycles. The molecule has 0 spiro atoms. The number of nitrogens with zero attached hydrogens (tertiary/aromatic N) is 4. The van der Waals surface area contributed by atoms with Crippen LogP contribution in [-0.4, -0.2) is 87.1 Å². The zero-order valence-corrected chi connectivity index (χ0v) is 34.7. The van der Waals surface area contributed by atoms with Crippen LogP contribution in [0, 0.1) is 5.92 Å². The van der Waals surface area contributed by atoms with Crippen LogP contribution in [0.4, 0.5) is 9.59 Å². The van der Waals surface area contributed by atoms with Crippen molar-refractivity contribution in [2.75, 3.05) is 27.3 Å². The first-order chi connectivity index (χ1) is 29.6. The fourth-order valence-electron chi connectivity index (χ4n) is 8.52. The van der Waals surface area contributed by atoms with Gasteiger partial charge in [-0.05, 0) is 76.8 Å². The van der Waals surface area contributed by atoms with Crippen LogP contribution in [0.15, 0.2) is 103 Å². The predicted octanol–water partition coefficient (Wildman–Crippen LogP) is 8.09. The summed E-state index contributed by atoms with van der Waals surface area (Å²) < 4.78 is 9.60. The standard InChI is InChI=1S/C47H50N8O6/c1-28(2)40(52-46(58)60-3)44(56)54-22-8-12-38(54)43-49-27-37(51-43)35-21-20-33-24-32(18-19-34(33)25-35)29-14-16-30(17-15-29)36-26-48-42(50-36)39-13-9-23-55(39)45(57)41(53-47(59)61-4)31-10-6-5-7-11-31/h5-7,10-11,14-21,24-28,38-41H,8-9,12-13,22-23H2,1-4H3,(H,48,50)(H,49,51)(H,52,58)(H,53,59)/t38?,39-,40?,41?/m1/s1. The number of amides is 4. The van der Waals surface area contributed by atoms with Crippen LogP contribution in [0.1, 0.15) is 74.9 Å². The van der Waals surface area contributed by atoms with Gasteiger partial charge in [0.1, 0.15) is 23.7 Å². The van der Waals surface area contributed by atoms with Crippen molar-refractivity contribution >= 4 is 34.8 Å². The number of H-pyrrole nitrogens is 2. The Balaban J connectivity index is 0.942. The highest BCUT2D eigenvalue weighted by atomic mass is 16.5. The summed E-state index contributed by atoms with van der Waals surface area (Å²) in [6.07, 6.45) is 5.53. The molecular weight excluding hydrogens is 773 g/mol. The van der Waals surface area contributed by atoms with E-state index >= 15 is 0 Å². The topological polar surface area (TPSA) is 175 Å². The molecule has 4 heterocycles. The summed E-state index contributed by atoms with van der Waals surface area (Å²) in [6.45, 7) is 4.95. The van der Waals surface area contributed by atoms with E-state index in [0.29, 0.717) is 24.5 Å². The van der Waals surface area contributed by atoms with Gasteiger partial charge in [0.05, 0.1) is 50.1 Å². The second-order valence-electron chi connectivity index (χ2n) is 15.9. The lowest BCUT2D eigenvalue weighted by molar-refractivity contribution is -0.135. The predicted molar refractivity (Wildman–Crippen MR) is 231 cm³/mol. The van der Waals surface area contributed by atoms with E-state index in [4.69, 9.17) is 19.4 Å². The minimum atomic E-state index is -0.880. The number of carbonyl (C=O) groups is 4. The summed E-state index contributed by atoms with van der Waals surface area (Å²) in [4.78, 5) is 71.7. The van der Waals surface area contributed by atoms with Crippen molar-refractivity contribution in [1.82, 2.24) is 40.4 Å². The number of nitrogens with one attached hydrogen (secondary N) is 4. The number of fused-ring (bicyclic) bond motifs is 1. The quantitative estimate of drug-likeness (QED) is 0.101. The zero-order valence-electron chi connectivity index (χ0n) is 34.7. The molecule has 6 aromatic rings. The molecule has 314 valence electrons. The molecule has 14 heteroatoms. The third kappa shape index (κ3) is 8.56. The summed E-state index contributed by atoms with van der Waals surface area (Å²) in [5.41, 5.74) is 6.52. The van der Waals surface area contributed by atoms with Gasteiger partial charge in [0.25, 0.3) is 5.91 Å². The van der Waals surface area contributed by atoms with Gasteiger partial charge >= 0.3 is 12.2 Å². The number of aromatic amines is 2. The van der Waals surface area contributed by atoms with Crippen molar-refractivity contribution in [2.24, 2.45) is 5.92 Å². The molecule has 4 amide bonds. The normalized spacial score (nSPS) is 17.3. The third-order valence-electron chi connectivity index (χ3n) is 11.8. The molecule has 4 N–H and O–H groups in total. The van der Waals surface area contributed by atoms with Gasteiger partial charge in [0, 0.05) is 18.7 Å². The Labute approximate surface area is 354 Å². The number of rotatable bonds is 11. The van der Waals surface area contributed by atoms with Crippen LogP contribution in [0.3, 0.4) is 0 Å². The highest BCUT2D eigenvalue weighted by Crippen LogP contribution is 2.36. The first kappa shape index (κ1) is 40.8. The van der Waals surface area contributed by atoms with Gasteiger partial charge in [-0.25, -0.2) is 19.6 Å². The van der Waals surface area contributed by atoms with Gasteiger partial charge in [-0.15, -0.1) is 0 Å². The molecule has 8 rings (SSSR count). The van der Waals surface area contributed by atoms with Gasteiger partial charge in [-0.3, -0.25) is 9.59 Å².